The van der Waals surface area contributed by atoms with Crippen molar-refractivity contribution in [3.05, 3.63) is 29.3 Å². The third-order valence-electron chi connectivity index (χ3n) is 2.71. The van der Waals surface area contributed by atoms with Gasteiger partial charge in [-0.2, -0.15) is 0 Å². The summed E-state index contributed by atoms with van der Waals surface area (Å²) in [5, 5.41) is 3.17. The third kappa shape index (κ3) is 1.95. The van der Waals surface area contributed by atoms with Gasteiger partial charge in [0, 0.05) is 17.7 Å². The largest absolute Gasteiger partial charge is 0.494 e. The van der Waals surface area contributed by atoms with Crippen LogP contribution in [-0.2, 0) is 0 Å². The zero-order chi connectivity index (χ0) is 10.8. The molecule has 2 rings (SSSR count). The van der Waals surface area contributed by atoms with E-state index in [0.717, 1.165) is 25.5 Å². The van der Waals surface area contributed by atoms with Crippen molar-refractivity contribution in [2.75, 3.05) is 13.7 Å². The van der Waals surface area contributed by atoms with Crippen molar-refractivity contribution in [2.45, 2.75) is 18.9 Å². The molecule has 2 nitrogen and oxygen atoms in total. The zero-order valence-electron chi connectivity index (χ0n) is 8.52. The Hall–Kier alpha value is -1.16. The van der Waals surface area contributed by atoms with E-state index >= 15 is 0 Å². The van der Waals surface area contributed by atoms with Crippen LogP contribution in [0.3, 0.4) is 0 Å². The van der Waals surface area contributed by atoms with E-state index in [4.69, 9.17) is 4.74 Å². The van der Waals surface area contributed by atoms with Gasteiger partial charge in [0.25, 0.3) is 0 Å². The lowest BCUT2D eigenvalue weighted by Gasteiger charge is -2.13. The molecule has 82 valence electrons. The molecule has 1 aromatic carbocycles. The van der Waals surface area contributed by atoms with Gasteiger partial charge in [0.2, 0.25) is 0 Å². The monoisotopic (exact) mass is 213 g/mol. The lowest BCUT2D eigenvalue weighted by molar-refractivity contribution is 0.381. The summed E-state index contributed by atoms with van der Waals surface area (Å²) in [6.07, 6.45) is 1.90. The lowest BCUT2D eigenvalue weighted by Crippen LogP contribution is -2.14. The van der Waals surface area contributed by atoms with E-state index in [1.54, 1.807) is 0 Å². The summed E-state index contributed by atoms with van der Waals surface area (Å²) in [5.74, 6) is -1.07. The summed E-state index contributed by atoms with van der Waals surface area (Å²) in [6, 6.07) is 2.31. The van der Waals surface area contributed by atoms with Gasteiger partial charge in [-0.1, -0.05) is 0 Å². The Morgan fingerprint density at radius 2 is 2.13 bits per heavy atom. The predicted molar refractivity (Wildman–Crippen MR) is 52.9 cm³/mol. The van der Waals surface area contributed by atoms with Gasteiger partial charge in [0.1, 0.15) is 5.82 Å². The normalized spacial score (nSPS) is 20.6. The van der Waals surface area contributed by atoms with Crippen LogP contribution in [-0.4, -0.2) is 13.7 Å². The molecule has 1 saturated heterocycles. The second kappa shape index (κ2) is 4.14. The molecule has 1 aliphatic rings. The zero-order valence-corrected chi connectivity index (χ0v) is 8.52. The first-order valence-electron chi connectivity index (χ1n) is 4.98. The number of halogens is 2. The molecule has 4 heteroatoms. The van der Waals surface area contributed by atoms with E-state index in [9.17, 15) is 8.78 Å². The number of hydrogen-bond acceptors (Lipinski definition) is 2. The maximum absolute atomic E-state index is 13.5. The van der Waals surface area contributed by atoms with Crippen LogP contribution in [0.1, 0.15) is 24.4 Å². The van der Waals surface area contributed by atoms with E-state index < -0.39 is 11.6 Å². The van der Waals surface area contributed by atoms with Gasteiger partial charge in [-0.3, -0.25) is 0 Å². The van der Waals surface area contributed by atoms with Gasteiger partial charge in [-0.05, 0) is 25.5 Å². The van der Waals surface area contributed by atoms with Crippen molar-refractivity contribution in [1.82, 2.24) is 5.32 Å². The molecule has 1 unspecified atom stereocenters. The first-order chi connectivity index (χ1) is 7.22. The lowest BCUT2D eigenvalue weighted by atomic mass is 10.0. The predicted octanol–water partition coefficient (Wildman–Crippen LogP) is 2.40. The number of ether oxygens (including phenoxy) is 1. The molecule has 1 fully saturated rings. The Bertz CT molecular complexity index is 362. The van der Waals surface area contributed by atoms with Crippen molar-refractivity contribution in [3.63, 3.8) is 0 Å². The molecular formula is C11H13F2NO. The van der Waals surface area contributed by atoms with Crippen LogP contribution in [0.4, 0.5) is 8.78 Å². The third-order valence-corrected chi connectivity index (χ3v) is 2.71. The highest BCUT2D eigenvalue weighted by atomic mass is 19.1. The Kier molecular flexibility index (Phi) is 2.86. The molecule has 15 heavy (non-hydrogen) atoms. The Morgan fingerprint density at radius 1 is 1.33 bits per heavy atom. The van der Waals surface area contributed by atoms with Crippen molar-refractivity contribution < 1.29 is 13.5 Å². The van der Waals surface area contributed by atoms with Gasteiger partial charge < -0.3 is 10.1 Å². The first kappa shape index (κ1) is 10.4. The quantitative estimate of drug-likeness (QED) is 0.814. The minimum atomic E-state index is -0.656. The summed E-state index contributed by atoms with van der Waals surface area (Å²) >= 11 is 0. The summed E-state index contributed by atoms with van der Waals surface area (Å²) in [4.78, 5) is 0. The van der Waals surface area contributed by atoms with Crippen LogP contribution >= 0.6 is 0 Å². The summed E-state index contributed by atoms with van der Waals surface area (Å²) in [5.41, 5.74) is 0.491. The molecule has 1 heterocycles. The molecule has 0 spiro atoms. The maximum Gasteiger partial charge on any atom is 0.167 e. The fourth-order valence-electron chi connectivity index (χ4n) is 1.92. The van der Waals surface area contributed by atoms with Crippen LogP contribution in [0, 0.1) is 11.6 Å². The highest BCUT2D eigenvalue weighted by Crippen LogP contribution is 2.30. The van der Waals surface area contributed by atoms with Crippen LogP contribution < -0.4 is 10.1 Å². The standard InChI is InChI=1S/C11H13F2NO/c1-15-11-5-7(8(12)6-9(11)13)10-3-2-4-14-10/h5-6,10,14H,2-4H2,1H3. The Balaban J connectivity index is 2.37. The van der Waals surface area contributed by atoms with E-state index in [-0.39, 0.29) is 11.8 Å². The van der Waals surface area contributed by atoms with Gasteiger partial charge in [0.15, 0.2) is 11.6 Å². The molecule has 0 bridgehead atoms. The molecule has 0 radical (unpaired) electrons. The van der Waals surface area contributed by atoms with E-state index in [1.807, 2.05) is 0 Å². The second-order valence-corrected chi connectivity index (χ2v) is 3.66. The van der Waals surface area contributed by atoms with Gasteiger partial charge in [-0.15, -0.1) is 0 Å². The molecular weight excluding hydrogens is 200 g/mol. The fourth-order valence-corrected chi connectivity index (χ4v) is 1.92. The average Bonchev–Trinajstić information content (AvgIpc) is 2.71. The molecule has 1 atom stereocenters. The van der Waals surface area contributed by atoms with Crippen molar-refractivity contribution in [1.29, 1.82) is 0 Å². The van der Waals surface area contributed by atoms with Crippen molar-refractivity contribution >= 4 is 0 Å². The number of methoxy groups -OCH3 is 1. The van der Waals surface area contributed by atoms with Crippen molar-refractivity contribution in [3.8, 4) is 5.75 Å². The fraction of sp³-hybridized carbons (Fsp3) is 0.455. The maximum atomic E-state index is 13.5. The number of benzene rings is 1. The molecule has 0 aromatic heterocycles. The van der Waals surface area contributed by atoms with Crippen LogP contribution in [0.25, 0.3) is 0 Å². The van der Waals surface area contributed by atoms with Crippen LogP contribution in [0.5, 0.6) is 5.75 Å². The average molecular weight is 213 g/mol. The van der Waals surface area contributed by atoms with Crippen molar-refractivity contribution in [2.24, 2.45) is 0 Å². The van der Waals surface area contributed by atoms with Gasteiger partial charge >= 0.3 is 0 Å². The number of rotatable bonds is 2. The van der Waals surface area contributed by atoms with Gasteiger partial charge in [0.05, 0.1) is 7.11 Å². The summed E-state index contributed by atoms with van der Waals surface area (Å²) in [7, 11) is 1.38. The summed E-state index contributed by atoms with van der Waals surface area (Å²) in [6.45, 7) is 0.879. The minimum absolute atomic E-state index is 0.0144. The molecule has 0 aliphatic carbocycles. The molecule has 0 amide bonds. The topological polar surface area (TPSA) is 21.3 Å². The van der Waals surface area contributed by atoms with E-state index in [2.05, 4.69) is 5.32 Å². The Labute approximate surface area is 87.2 Å². The van der Waals surface area contributed by atoms with Crippen LogP contribution in [0.2, 0.25) is 0 Å². The highest BCUT2D eigenvalue weighted by Gasteiger charge is 2.21. The molecule has 0 saturated carbocycles. The second-order valence-electron chi connectivity index (χ2n) is 3.66. The highest BCUT2D eigenvalue weighted by molar-refractivity contribution is 5.33. The SMILES string of the molecule is COc1cc(C2CCCN2)c(F)cc1F. The molecule has 1 aliphatic heterocycles. The molecule has 1 aromatic rings. The number of nitrogens with one attached hydrogen (secondary N) is 1. The molecule has 1 N–H and O–H groups in total. The number of hydrogen-bond donors (Lipinski definition) is 1. The first-order valence-corrected chi connectivity index (χ1v) is 4.98. The van der Waals surface area contributed by atoms with Crippen LogP contribution in [0.15, 0.2) is 12.1 Å². The Morgan fingerprint density at radius 3 is 2.73 bits per heavy atom. The summed E-state index contributed by atoms with van der Waals surface area (Å²) < 4.78 is 31.4. The minimum Gasteiger partial charge on any atom is -0.494 e. The van der Waals surface area contributed by atoms with E-state index in [0.29, 0.717) is 5.56 Å². The van der Waals surface area contributed by atoms with E-state index in [1.165, 1.54) is 13.2 Å². The smallest absolute Gasteiger partial charge is 0.167 e. The van der Waals surface area contributed by atoms with Gasteiger partial charge in [-0.25, -0.2) is 8.78 Å².